The third-order valence-corrected chi connectivity index (χ3v) is 2.88. The van der Waals surface area contributed by atoms with Crippen LogP contribution in [0.1, 0.15) is 16.7 Å². The highest BCUT2D eigenvalue weighted by molar-refractivity contribution is 5.67. The number of ether oxygens (including phenoxy) is 1. The summed E-state index contributed by atoms with van der Waals surface area (Å²) in [5.74, 6) is 5.40. The average molecular weight is 306 g/mol. The standard InChI is InChI=1S/C18H14N2O3/c19-12-16-9-8-14(11-17(16)21)7-4-10-20-18(22)23-13-15-5-2-1-3-6-15/h1-3,5-6,8-9,11,21H,10,13H2,(H,20,22). The van der Waals surface area contributed by atoms with Crippen LogP contribution in [-0.2, 0) is 11.3 Å². The Morgan fingerprint density at radius 1 is 1.22 bits per heavy atom. The van der Waals surface area contributed by atoms with Gasteiger partial charge in [0, 0.05) is 5.56 Å². The summed E-state index contributed by atoms with van der Waals surface area (Å²) in [6, 6.07) is 15.7. The van der Waals surface area contributed by atoms with E-state index in [0.717, 1.165) is 5.56 Å². The molecule has 0 heterocycles. The van der Waals surface area contributed by atoms with Crippen LogP contribution in [0.3, 0.4) is 0 Å². The lowest BCUT2D eigenvalue weighted by Gasteiger charge is -2.04. The smallest absolute Gasteiger partial charge is 0.408 e. The molecule has 0 aliphatic rings. The number of phenols is 1. The van der Waals surface area contributed by atoms with Gasteiger partial charge in [0.25, 0.3) is 0 Å². The molecular formula is C18H14N2O3. The van der Waals surface area contributed by atoms with Crippen LogP contribution in [-0.4, -0.2) is 17.7 Å². The van der Waals surface area contributed by atoms with Crippen LogP contribution in [0.15, 0.2) is 48.5 Å². The number of aromatic hydroxyl groups is 1. The summed E-state index contributed by atoms with van der Waals surface area (Å²) in [6.45, 7) is 0.317. The first kappa shape index (κ1) is 15.9. The molecule has 0 radical (unpaired) electrons. The number of hydrogen-bond donors (Lipinski definition) is 2. The summed E-state index contributed by atoms with van der Waals surface area (Å²) >= 11 is 0. The number of phenolic OH excluding ortho intramolecular Hbond substituents is 1. The number of carbonyl (C=O) groups excluding carboxylic acids is 1. The number of rotatable bonds is 3. The van der Waals surface area contributed by atoms with Crippen molar-refractivity contribution in [1.82, 2.24) is 5.32 Å². The van der Waals surface area contributed by atoms with E-state index in [1.165, 1.54) is 12.1 Å². The first-order chi connectivity index (χ1) is 11.2. The molecule has 2 N–H and O–H groups in total. The summed E-state index contributed by atoms with van der Waals surface area (Å²) in [5.41, 5.74) is 1.65. The summed E-state index contributed by atoms with van der Waals surface area (Å²) < 4.78 is 5.04. The van der Waals surface area contributed by atoms with Crippen LogP contribution < -0.4 is 5.32 Å². The summed E-state index contributed by atoms with van der Waals surface area (Å²) in [7, 11) is 0. The van der Waals surface area contributed by atoms with Gasteiger partial charge in [0.2, 0.25) is 0 Å². The molecule has 0 aromatic heterocycles. The topological polar surface area (TPSA) is 82.4 Å². The largest absolute Gasteiger partial charge is 0.507 e. The van der Waals surface area contributed by atoms with E-state index in [2.05, 4.69) is 17.2 Å². The molecule has 23 heavy (non-hydrogen) atoms. The number of carbonyl (C=O) groups is 1. The van der Waals surface area contributed by atoms with Gasteiger partial charge >= 0.3 is 6.09 Å². The third-order valence-electron chi connectivity index (χ3n) is 2.88. The Balaban J connectivity index is 1.78. The Hall–Kier alpha value is -3.44. The highest BCUT2D eigenvalue weighted by Gasteiger charge is 2.01. The fourth-order valence-corrected chi connectivity index (χ4v) is 1.74. The molecule has 0 unspecified atom stereocenters. The van der Waals surface area contributed by atoms with Gasteiger partial charge in [-0.05, 0) is 23.8 Å². The molecule has 2 rings (SSSR count). The molecule has 2 aromatic carbocycles. The van der Waals surface area contributed by atoms with E-state index in [1.807, 2.05) is 36.4 Å². The molecule has 0 atom stereocenters. The Morgan fingerprint density at radius 3 is 2.70 bits per heavy atom. The second-order valence-electron chi connectivity index (χ2n) is 4.56. The van der Waals surface area contributed by atoms with E-state index in [1.54, 1.807) is 6.07 Å². The van der Waals surface area contributed by atoms with Gasteiger partial charge in [0.1, 0.15) is 18.4 Å². The van der Waals surface area contributed by atoms with Gasteiger partial charge in [-0.2, -0.15) is 5.26 Å². The first-order valence-corrected chi connectivity index (χ1v) is 6.85. The van der Waals surface area contributed by atoms with E-state index < -0.39 is 6.09 Å². The summed E-state index contributed by atoms with van der Waals surface area (Å²) in [6.07, 6.45) is -0.550. The van der Waals surface area contributed by atoms with Gasteiger partial charge in [0.15, 0.2) is 0 Å². The van der Waals surface area contributed by atoms with E-state index >= 15 is 0 Å². The molecule has 114 valence electrons. The zero-order chi connectivity index (χ0) is 16.5. The molecule has 5 nitrogen and oxygen atoms in total. The minimum atomic E-state index is -0.550. The minimum absolute atomic E-state index is 0.116. The van der Waals surface area contributed by atoms with Gasteiger partial charge < -0.3 is 15.2 Å². The van der Waals surface area contributed by atoms with E-state index in [4.69, 9.17) is 10.00 Å². The number of hydrogen-bond acceptors (Lipinski definition) is 4. The Kier molecular flexibility index (Phi) is 5.62. The van der Waals surface area contributed by atoms with Crippen molar-refractivity contribution in [2.24, 2.45) is 0 Å². The normalized spacial score (nSPS) is 9.17. The molecule has 0 saturated heterocycles. The lowest BCUT2D eigenvalue weighted by molar-refractivity contribution is 0.141. The average Bonchev–Trinajstić information content (AvgIpc) is 2.58. The first-order valence-electron chi connectivity index (χ1n) is 6.85. The fraction of sp³-hybridized carbons (Fsp3) is 0.111. The number of nitrogens with zero attached hydrogens (tertiary/aromatic N) is 1. The van der Waals surface area contributed by atoms with Crippen molar-refractivity contribution >= 4 is 6.09 Å². The van der Waals surface area contributed by atoms with Crippen molar-refractivity contribution in [3.63, 3.8) is 0 Å². The molecule has 0 bridgehead atoms. The quantitative estimate of drug-likeness (QED) is 0.854. The molecule has 5 heteroatoms. The number of amides is 1. The highest BCUT2D eigenvalue weighted by Crippen LogP contribution is 2.16. The maximum atomic E-state index is 11.5. The molecular weight excluding hydrogens is 292 g/mol. The van der Waals surface area contributed by atoms with Crippen LogP contribution in [0.5, 0.6) is 5.75 Å². The van der Waals surface area contributed by atoms with Gasteiger partial charge in [-0.25, -0.2) is 4.79 Å². The number of nitrogens with one attached hydrogen (secondary N) is 1. The van der Waals surface area contributed by atoms with Crippen molar-refractivity contribution in [1.29, 1.82) is 5.26 Å². The second kappa shape index (κ2) is 8.11. The molecule has 0 aliphatic heterocycles. The maximum absolute atomic E-state index is 11.5. The highest BCUT2D eigenvalue weighted by atomic mass is 16.5. The monoisotopic (exact) mass is 306 g/mol. The Bertz CT molecular complexity index is 783. The molecule has 0 fully saturated rings. The predicted molar refractivity (Wildman–Crippen MR) is 84.3 cm³/mol. The third kappa shape index (κ3) is 5.11. The molecule has 1 amide bonds. The van der Waals surface area contributed by atoms with Crippen molar-refractivity contribution in [3.8, 4) is 23.7 Å². The van der Waals surface area contributed by atoms with Crippen molar-refractivity contribution in [2.45, 2.75) is 6.61 Å². The van der Waals surface area contributed by atoms with Gasteiger partial charge in [0.05, 0.1) is 12.1 Å². The van der Waals surface area contributed by atoms with Crippen molar-refractivity contribution < 1.29 is 14.6 Å². The summed E-state index contributed by atoms with van der Waals surface area (Å²) in [4.78, 5) is 11.5. The number of nitriles is 1. The Labute approximate surface area is 134 Å². The van der Waals surface area contributed by atoms with E-state index in [-0.39, 0.29) is 24.5 Å². The van der Waals surface area contributed by atoms with Crippen molar-refractivity contribution in [2.75, 3.05) is 6.54 Å². The zero-order valence-electron chi connectivity index (χ0n) is 12.2. The van der Waals surface area contributed by atoms with Crippen LogP contribution in [0.4, 0.5) is 4.79 Å². The maximum Gasteiger partial charge on any atom is 0.408 e. The van der Waals surface area contributed by atoms with Gasteiger partial charge in [-0.15, -0.1) is 0 Å². The van der Waals surface area contributed by atoms with Crippen LogP contribution >= 0.6 is 0 Å². The van der Waals surface area contributed by atoms with Crippen LogP contribution in [0.2, 0.25) is 0 Å². The zero-order valence-corrected chi connectivity index (χ0v) is 12.2. The van der Waals surface area contributed by atoms with E-state index in [0.29, 0.717) is 5.56 Å². The van der Waals surface area contributed by atoms with Crippen LogP contribution in [0, 0.1) is 23.2 Å². The van der Waals surface area contributed by atoms with Crippen molar-refractivity contribution in [3.05, 3.63) is 65.2 Å². The number of alkyl carbamates (subject to hydrolysis) is 1. The predicted octanol–water partition coefficient (Wildman–Crippen LogP) is 2.54. The SMILES string of the molecule is N#Cc1ccc(C#CCNC(=O)OCc2ccccc2)cc1O. The fourth-order valence-electron chi connectivity index (χ4n) is 1.74. The molecule has 0 spiro atoms. The van der Waals surface area contributed by atoms with E-state index in [9.17, 15) is 9.90 Å². The second-order valence-corrected chi connectivity index (χ2v) is 4.56. The number of benzene rings is 2. The summed E-state index contributed by atoms with van der Waals surface area (Å²) in [5, 5.41) is 20.8. The molecule has 0 aliphatic carbocycles. The lowest BCUT2D eigenvalue weighted by Crippen LogP contribution is -2.24. The van der Waals surface area contributed by atoms with Gasteiger partial charge in [-0.3, -0.25) is 0 Å². The molecule has 0 saturated carbocycles. The molecule has 2 aromatic rings. The van der Waals surface area contributed by atoms with Gasteiger partial charge in [-0.1, -0.05) is 42.2 Å². The lowest BCUT2D eigenvalue weighted by atomic mass is 10.1. The minimum Gasteiger partial charge on any atom is -0.507 e. The Morgan fingerprint density at radius 2 is 2.00 bits per heavy atom. The van der Waals surface area contributed by atoms with Crippen LogP contribution in [0.25, 0.3) is 0 Å².